The third-order valence-corrected chi connectivity index (χ3v) is 3.68. The molecule has 0 bridgehead atoms. The maximum Gasteiger partial charge on any atom is 0.227 e. The maximum atomic E-state index is 12.1. The molecule has 1 aromatic rings. The van der Waals surface area contributed by atoms with Crippen molar-refractivity contribution in [1.82, 2.24) is 0 Å². The monoisotopic (exact) mass is 310 g/mol. The molecule has 3 nitrogen and oxygen atoms in total. The number of anilines is 2. The van der Waals surface area contributed by atoms with Crippen molar-refractivity contribution in [3.8, 4) is 0 Å². The van der Waals surface area contributed by atoms with E-state index >= 15 is 0 Å². The first kappa shape index (κ1) is 13.4. The molecule has 0 aliphatic carbocycles. The number of alkyl halides is 1. The lowest BCUT2D eigenvalue weighted by Crippen LogP contribution is -2.46. The number of amides is 1. The van der Waals surface area contributed by atoms with E-state index in [1.807, 2.05) is 23.1 Å². The second kappa shape index (κ2) is 5.74. The normalized spacial score (nSPS) is 14.9. The summed E-state index contributed by atoms with van der Waals surface area (Å²) < 4.78 is 0. The molecule has 1 amide bonds. The van der Waals surface area contributed by atoms with Crippen LogP contribution in [0, 0.1) is 0 Å². The van der Waals surface area contributed by atoms with Gasteiger partial charge in [-0.25, -0.2) is 0 Å². The van der Waals surface area contributed by atoms with Crippen LogP contribution in [0.5, 0.6) is 0 Å². The molecule has 0 spiro atoms. The van der Waals surface area contributed by atoms with Crippen molar-refractivity contribution in [2.24, 2.45) is 0 Å². The lowest BCUT2D eigenvalue weighted by atomic mass is 10.1. The van der Waals surface area contributed by atoms with E-state index in [1.165, 1.54) is 5.69 Å². The van der Waals surface area contributed by atoms with Crippen LogP contribution in [0.2, 0.25) is 0 Å². The molecule has 1 heterocycles. The van der Waals surface area contributed by atoms with Crippen molar-refractivity contribution in [1.29, 1.82) is 0 Å². The number of benzene rings is 1. The van der Waals surface area contributed by atoms with Crippen molar-refractivity contribution >= 4 is 33.2 Å². The number of rotatable bonds is 3. The van der Waals surface area contributed by atoms with E-state index in [-0.39, 0.29) is 5.91 Å². The predicted octanol–water partition coefficient (Wildman–Crippen LogP) is 3.03. The maximum absolute atomic E-state index is 12.1. The summed E-state index contributed by atoms with van der Waals surface area (Å²) in [5, 5.41) is 0.721. The van der Waals surface area contributed by atoms with Gasteiger partial charge in [0.05, 0.1) is 11.4 Å². The molecule has 1 aliphatic rings. The van der Waals surface area contributed by atoms with Crippen molar-refractivity contribution in [3.63, 3.8) is 0 Å². The van der Waals surface area contributed by atoms with Crippen LogP contribution in [0.4, 0.5) is 11.4 Å². The summed E-state index contributed by atoms with van der Waals surface area (Å²) in [6, 6.07) is 8.63. The van der Waals surface area contributed by atoms with E-state index in [0.29, 0.717) is 12.5 Å². The van der Waals surface area contributed by atoms with Gasteiger partial charge in [0.15, 0.2) is 0 Å². The Morgan fingerprint density at radius 3 is 2.56 bits per heavy atom. The van der Waals surface area contributed by atoms with Crippen molar-refractivity contribution < 1.29 is 4.79 Å². The Bertz CT molecular complexity index is 434. The number of para-hydroxylation sites is 2. The first-order valence-corrected chi connectivity index (χ1v) is 7.49. The highest BCUT2D eigenvalue weighted by molar-refractivity contribution is 9.09. The zero-order valence-corrected chi connectivity index (χ0v) is 12.5. The minimum absolute atomic E-state index is 0.197. The molecule has 0 atom stereocenters. The van der Waals surface area contributed by atoms with Crippen LogP contribution < -0.4 is 9.80 Å². The molecule has 98 valence electrons. The van der Waals surface area contributed by atoms with Gasteiger partial charge in [-0.2, -0.15) is 0 Å². The van der Waals surface area contributed by atoms with Crippen LogP contribution in [0.25, 0.3) is 0 Å². The van der Waals surface area contributed by atoms with E-state index in [1.54, 1.807) is 0 Å². The number of hydrogen-bond acceptors (Lipinski definition) is 2. The summed E-state index contributed by atoms with van der Waals surface area (Å²) >= 11 is 3.33. The van der Waals surface area contributed by atoms with Crippen molar-refractivity contribution in [2.75, 3.05) is 28.2 Å². The SMILES string of the molecule is CC(C)N1CCN(C(=O)CCBr)c2ccccc21. The largest absolute Gasteiger partial charge is 0.366 e. The molecule has 4 heteroatoms. The number of nitrogens with zero attached hydrogens (tertiary/aromatic N) is 2. The molecule has 1 aliphatic heterocycles. The molecule has 1 aromatic carbocycles. The third-order valence-electron chi connectivity index (χ3n) is 3.28. The average molecular weight is 311 g/mol. The van der Waals surface area contributed by atoms with Gasteiger partial charge < -0.3 is 9.80 Å². The van der Waals surface area contributed by atoms with E-state index in [9.17, 15) is 4.79 Å². The van der Waals surface area contributed by atoms with Gasteiger partial charge in [0.1, 0.15) is 0 Å². The zero-order chi connectivity index (χ0) is 13.1. The van der Waals surface area contributed by atoms with Crippen LogP contribution in [0.15, 0.2) is 24.3 Å². The summed E-state index contributed by atoms with van der Waals surface area (Å²) in [6.45, 7) is 6.06. The molecule has 0 saturated heterocycles. The smallest absolute Gasteiger partial charge is 0.227 e. The highest BCUT2D eigenvalue weighted by Crippen LogP contribution is 2.34. The molecule has 0 radical (unpaired) electrons. The zero-order valence-electron chi connectivity index (χ0n) is 10.9. The Balaban J connectivity index is 2.33. The van der Waals surface area contributed by atoms with E-state index in [2.05, 4.69) is 40.7 Å². The van der Waals surface area contributed by atoms with Crippen LogP contribution in [0.3, 0.4) is 0 Å². The quantitative estimate of drug-likeness (QED) is 0.801. The summed E-state index contributed by atoms with van der Waals surface area (Å²) in [4.78, 5) is 16.4. The first-order valence-electron chi connectivity index (χ1n) is 6.37. The number of carbonyl (C=O) groups excluding carboxylic acids is 1. The van der Waals surface area contributed by atoms with Gasteiger partial charge in [0, 0.05) is 30.9 Å². The van der Waals surface area contributed by atoms with Crippen molar-refractivity contribution in [2.45, 2.75) is 26.3 Å². The molecule has 0 N–H and O–H groups in total. The highest BCUT2D eigenvalue weighted by Gasteiger charge is 2.26. The van der Waals surface area contributed by atoms with Gasteiger partial charge in [-0.3, -0.25) is 4.79 Å². The second-order valence-electron chi connectivity index (χ2n) is 4.76. The number of hydrogen-bond donors (Lipinski definition) is 0. The van der Waals surface area contributed by atoms with Crippen LogP contribution >= 0.6 is 15.9 Å². The van der Waals surface area contributed by atoms with Crippen LogP contribution in [0.1, 0.15) is 20.3 Å². The third kappa shape index (κ3) is 2.53. The van der Waals surface area contributed by atoms with Gasteiger partial charge in [-0.1, -0.05) is 28.1 Å². The molecule has 0 unspecified atom stereocenters. The highest BCUT2D eigenvalue weighted by atomic mass is 79.9. The Morgan fingerprint density at radius 2 is 1.94 bits per heavy atom. The summed E-state index contributed by atoms with van der Waals surface area (Å²) in [5.74, 6) is 0.197. The van der Waals surface area contributed by atoms with Gasteiger partial charge in [0.2, 0.25) is 5.91 Å². The number of halogens is 1. The standard InChI is InChI=1S/C14H19BrN2O/c1-11(2)16-9-10-17(14(18)7-8-15)13-6-4-3-5-12(13)16/h3-6,11H,7-10H2,1-2H3. The average Bonchev–Trinajstić information content (AvgIpc) is 2.37. The molecule has 2 rings (SSSR count). The lowest BCUT2D eigenvalue weighted by molar-refractivity contribution is -0.118. The molecule has 18 heavy (non-hydrogen) atoms. The molecule has 0 aromatic heterocycles. The Kier molecular flexibility index (Phi) is 4.27. The Morgan fingerprint density at radius 1 is 1.28 bits per heavy atom. The molecular formula is C14H19BrN2O. The van der Waals surface area contributed by atoms with E-state index < -0.39 is 0 Å². The van der Waals surface area contributed by atoms with Gasteiger partial charge in [-0.15, -0.1) is 0 Å². The Hall–Kier alpha value is -1.03. The lowest BCUT2D eigenvalue weighted by Gasteiger charge is -2.40. The summed E-state index contributed by atoms with van der Waals surface area (Å²) in [5.41, 5.74) is 2.21. The summed E-state index contributed by atoms with van der Waals surface area (Å²) in [7, 11) is 0. The molecule has 0 saturated carbocycles. The van der Waals surface area contributed by atoms with Crippen LogP contribution in [-0.4, -0.2) is 30.4 Å². The molecular weight excluding hydrogens is 292 g/mol. The topological polar surface area (TPSA) is 23.6 Å². The predicted molar refractivity (Wildman–Crippen MR) is 79.7 cm³/mol. The fourth-order valence-electron chi connectivity index (χ4n) is 2.40. The first-order chi connectivity index (χ1) is 8.65. The number of fused-ring (bicyclic) bond motifs is 1. The second-order valence-corrected chi connectivity index (χ2v) is 5.55. The fourth-order valence-corrected chi connectivity index (χ4v) is 2.73. The number of carbonyl (C=O) groups is 1. The fraction of sp³-hybridized carbons (Fsp3) is 0.500. The minimum atomic E-state index is 0.197. The van der Waals surface area contributed by atoms with E-state index in [4.69, 9.17) is 0 Å². The van der Waals surface area contributed by atoms with Gasteiger partial charge in [0.25, 0.3) is 0 Å². The molecule has 0 fully saturated rings. The summed E-state index contributed by atoms with van der Waals surface area (Å²) in [6.07, 6.45) is 0.552. The Labute approximate surface area is 117 Å². The van der Waals surface area contributed by atoms with Crippen molar-refractivity contribution in [3.05, 3.63) is 24.3 Å². The van der Waals surface area contributed by atoms with Gasteiger partial charge in [-0.05, 0) is 26.0 Å². The van der Waals surface area contributed by atoms with Crippen LogP contribution in [-0.2, 0) is 4.79 Å². The van der Waals surface area contributed by atoms with Gasteiger partial charge >= 0.3 is 0 Å². The van der Waals surface area contributed by atoms with E-state index in [0.717, 1.165) is 24.1 Å². The minimum Gasteiger partial charge on any atom is -0.366 e.